The van der Waals surface area contributed by atoms with Gasteiger partial charge in [-0.25, -0.2) is 9.50 Å². The van der Waals surface area contributed by atoms with E-state index in [0.29, 0.717) is 23.3 Å². The molecule has 4 rings (SSSR count). The third-order valence-electron chi connectivity index (χ3n) is 4.69. The highest BCUT2D eigenvalue weighted by molar-refractivity contribution is 5.75. The van der Waals surface area contributed by atoms with Crippen LogP contribution in [0.3, 0.4) is 0 Å². The van der Waals surface area contributed by atoms with Crippen molar-refractivity contribution in [2.24, 2.45) is 0 Å². The fourth-order valence-electron chi connectivity index (χ4n) is 3.24. The monoisotopic (exact) mass is 433 g/mol. The maximum absolute atomic E-state index is 10.0. The number of rotatable bonds is 7. The van der Waals surface area contributed by atoms with Gasteiger partial charge >= 0.3 is 0 Å². The molecule has 4 aromatic heterocycles. The van der Waals surface area contributed by atoms with Crippen LogP contribution in [0.5, 0.6) is 5.75 Å². The van der Waals surface area contributed by atoms with Gasteiger partial charge in [0.2, 0.25) is 5.95 Å². The first-order chi connectivity index (χ1) is 15.2. The minimum absolute atomic E-state index is 0.167. The molecule has 0 aromatic carbocycles. The second-order valence-corrected chi connectivity index (χ2v) is 8.33. The standard InChI is InChI=1S/C23H27N7O2/c1-14-8-18(19(12-25-14)32-13-23(3,4)31)16-6-7-30-17(10-16)11-21(29-30)27-20-9-15(2)26-22(24-5)28-20/h6-12,31H,13H2,1-5H3,(H2,24,26,27,28,29). The lowest BCUT2D eigenvalue weighted by Gasteiger charge is -2.19. The van der Waals surface area contributed by atoms with Gasteiger partial charge in [0.05, 0.1) is 17.3 Å². The summed E-state index contributed by atoms with van der Waals surface area (Å²) < 4.78 is 7.67. The molecule has 0 spiro atoms. The molecule has 0 atom stereocenters. The van der Waals surface area contributed by atoms with Crippen LogP contribution in [0.15, 0.2) is 42.7 Å². The largest absolute Gasteiger partial charge is 0.488 e. The Morgan fingerprint density at radius 3 is 2.62 bits per heavy atom. The van der Waals surface area contributed by atoms with E-state index in [-0.39, 0.29) is 6.61 Å². The van der Waals surface area contributed by atoms with E-state index in [4.69, 9.17) is 4.74 Å². The van der Waals surface area contributed by atoms with Crippen molar-refractivity contribution in [1.29, 1.82) is 0 Å². The van der Waals surface area contributed by atoms with Crippen LogP contribution in [0.2, 0.25) is 0 Å². The number of pyridine rings is 2. The molecule has 0 bridgehead atoms. The first kappa shape index (κ1) is 21.5. The molecule has 0 amide bonds. The quantitative estimate of drug-likeness (QED) is 0.404. The number of aliphatic hydroxyl groups is 1. The van der Waals surface area contributed by atoms with E-state index in [1.807, 2.05) is 50.4 Å². The van der Waals surface area contributed by atoms with Crippen LogP contribution in [0.4, 0.5) is 17.6 Å². The molecule has 0 aliphatic rings. The van der Waals surface area contributed by atoms with Crippen LogP contribution in [0, 0.1) is 13.8 Å². The zero-order chi connectivity index (χ0) is 22.9. The van der Waals surface area contributed by atoms with E-state index < -0.39 is 5.60 Å². The lowest BCUT2D eigenvalue weighted by molar-refractivity contribution is 0.0286. The summed E-state index contributed by atoms with van der Waals surface area (Å²) >= 11 is 0. The van der Waals surface area contributed by atoms with E-state index in [1.54, 1.807) is 31.6 Å². The van der Waals surface area contributed by atoms with E-state index in [2.05, 4.69) is 30.7 Å². The summed E-state index contributed by atoms with van der Waals surface area (Å²) in [6.45, 7) is 7.43. The van der Waals surface area contributed by atoms with Crippen LogP contribution < -0.4 is 15.4 Å². The summed E-state index contributed by atoms with van der Waals surface area (Å²) in [5.74, 6) is 2.51. The molecule has 166 valence electrons. The Bertz CT molecular complexity index is 1260. The highest BCUT2D eigenvalue weighted by Gasteiger charge is 2.16. The second-order valence-electron chi connectivity index (χ2n) is 8.33. The third kappa shape index (κ3) is 4.94. The van der Waals surface area contributed by atoms with Gasteiger partial charge in [-0.2, -0.15) is 10.1 Å². The Hall–Kier alpha value is -3.72. The predicted molar refractivity (Wildman–Crippen MR) is 125 cm³/mol. The van der Waals surface area contributed by atoms with Gasteiger partial charge in [-0.1, -0.05) is 0 Å². The molecule has 0 fully saturated rings. The third-order valence-corrected chi connectivity index (χ3v) is 4.69. The Morgan fingerprint density at radius 2 is 1.88 bits per heavy atom. The average Bonchev–Trinajstić information content (AvgIpc) is 3.13. The van der Waals surface area contributed by atoms with Crippen molar-refractivity contribution in [3.63, 3.8) is 0 Å². The molecule has 0 saturated heterocycles. The zero-order valence-electron chi connectivity index (χ0n) is 18.8. The number of nitrogens with zero attached hydrogens (tertiary/aromatic N) is 5. The molecule has 32 heavy (non-hydrogen) atoms. The maximum Gasteiger partial charge on any atom is 0.224 e. The smallest absolute Gasteiger partial charge is 0.224 e. The van der Waals surface area contributed by atoms with Crippen LogP contribution in [0.1, 0.15) is 25.2 Å². The first-order valence-corrected chi connectivity index (χ1v) is 10.3. The number of aryl methyl sites for hydroxylation is 2. The minimum atomic E-state index is -0.940. The van der Waals surface area contributed by atoms with Gasteiger partial charge < -0.3 is 20.5 Å². The Morgan fingerprint density at radius 1 is 1.06 bits per heavy atom. The Kier molecular flexibility index (Phi) is 5.67. The van der Waals surface area contributed by atoms with Gasteiger partial charge in [0.1, 0.15) is 18.2 Å². The highest BCUT2D eigenvalue weighted by atomic mass is 16.5. The Balaban J connectivity index is 1.65. The van der Waals surface area contributed by atoms with Gasteiger partial charge in [0.25, 0.3) is 0 Å². The molecule has 0 saturated carbocycles. The van der Waals surface area contributed by atoms with Crippen molar-refractivity contribution in [2.45, 2.75) is 33.3 Å². The lowest BCUT2D eigenvalue weighted by atomic mass is 10.1. The van der Waals surface area contributed by atoms with E-state index in [0.717, 1.165) is 28.0 Å². The van der Waals surface area contributed by atoms with Crippen molar-refractivity contribution in [2.75, 3.05) is 24.3 Å². The molecule has 3 N–H and O–H groups in total. The van der Waals surface area contributed by atoms with Gasteiger partial charge in [0.15, 0.2) is 5.82 Å². The first-order valence-electron chi connectivity index (χ1n) is 10.3. The number of aromatic nitrogens is 5. The van der Waals surface area contributed by atoms with Gasteiger partial charge in [-0.15, -0.1) is 0 Å². The van der Waals surface area contributed by atoms with Gasteiger partial charge in [-0.05, 0) is 51.5 Å². The topological polar surface area (TPSA) is 109 Å². The van der Waals surface area contributed by atoms with Crippen molar-refractivity contribution in [3.8, 4) is 16.9 Å². The summed E-state index contributed by atoms with van der Waals surface area (Å²) in [5.41, 5.74) is 3.58. The highest BCUT2D eigenvalue weighted by Crippen LogP contribution is 2.32. The van der Waals surface area contributed by atoms with E-state index in [1.165, 1.54) is 0 Å². The SMILES string of the molecule is CNc1nc(C)cc(Nc2cc3cc(-c4cc(C)ncc4OCC(C)(C)O)ccn3n2)n1. The van der Waals surface area contributed by atoms with Crippen LogP contribution in [-0.2, 0) is 0 Å². The minimum Gasteiger partial charge on any atom is -0.488 e. The lowest BCUT2D eigenvalue weighted by Crippen LogP contribution is -2.28. The Labute approximate surface area is 186 Å². The molecule has 0 unspecified atom stereocenters. The molecular formula is C23H27N7O2. The number of hydrogen-bond donors (Lipinski definition) is 3. The predicted octanol–water partition coefficient (Wildman–Crippen LogP) is 3.74. The van der Waals surface area contributed by atoms with E-state index in [9.17, 15) is 5.11 Å². The van der Waals surface area contributed by atoms with E-state index >= 15 is 0 Å². The fraction of sp³-hybridized carbons (Fsp3) is 0.304. The average molecular weight is 434 g/mol. The second kappa shape index (κ2) is 8.43. The number of anilines is 3. The summed E-state index contributed by atoms with van der Waals surface area (Å²) in [6, 6.07) is 9.80. The fourth-order valence-corrected chi connectivity index (χ4v) is 3.24. The molecule has 4 heterocycles. The number of fused-ring (bicyclic) bond motifs is 1. The normalized spacial score (nSPS) is 11.6. The van der Waals surface area contributed by atoms with Crippen molar-refractivity contribution < 1.29 is 9.84 Å². The van der Waals surface area contributed by atoms with Gasteiger partial charge in [-0.3, -0.25) is 4.98 Å². The van der Waals surface area contributed by atoms with Gasteiger partial charge in [0, 0.05) is 42.3 Å². The molecule has 0 aliphatic carbocycles. The molecule has 9 heteroatoms. The number of nitrogens with one attached hydrogen (secondary N) is 2. The van der Waals surface area contributed by atoms with Crippen LogP contribution in [0.25, 0.3) is 16.6 Å². The van der Waals surface area contributed by atoms with Crippen molar-refractivity contribution in [1.82, 2.24) is 24.6 Å². The van der Waals surface area contributed by atoms with Crippen molar-refractivity contribution >= 4 is 23.1 Å². The molecule has 9 nitrogen and oxygen atoms in total. The van der Waals surface area contributed by atoms with Crippen LogP contribution in [-0.4, -0.2) is 48.9 Å². The molecule has 0 radical (unpaired) electrons. The van der Waals surface area contributed by atoms with Crippen LogP contribution >= 0.6 is 0 Å². The number of ether oxygens (including phenoxy) is 1. The zero-order valence-corrected chi connectivity index (χ0v) is 18.8. The molecular weight excluding hydrogens is 406 g/mol. The molecule has 4 aromatic rings. The summed E-state index contributed by atoms with van der Waals surface area (Å²) in [5, 5.41) is 20.8. The summed E-state index contributed by atoms with van der Waals surface area (Å²) in [4.78, 5) is 13.1. The molecule has 0 aliphatic heterocycles. The maximum atomic E-state index is 10.0. The summed E-state index contributed by atoms with van der Waals surface area (Å²) in [7, 11) is 1.78. The summed E-state index contributed by atoms with van der Waals surface area (Å²) in [6.07, 6.45) is 3.59. The van der Waals surface area contributed by atoms with Crippen molar-refractivity contribution in [3.05, 3.63) is 54.1 Å². The number of hydrogen-bond acceptors (Lipinski definition) is 8.